The average Bonchev–Trinajstić information content (AvgIpc) is 2.90. The van der Waals surface area contributed by atoms with Crippen LogP contribution in [0.4, 0.5) is 0 Å². The summed E-state index contributed by atoms with van der Waals surface area (Å²) in [6.07, 6.45) is 9.55. The molecule has 0 bridgehead atoms. The number of nitrogens with zero attached hydrogens (tertiary/aromatic N) is 3. The molecule has 0 radical (unpaired) electrons. The second kappa shape index (κ2) is 6.21. The molecule has 0 amide bonds. The van der Waals surface area contributed by atoms with Crippen molar-refractivity contribution in [3.8, 4) is 0 Å². The Balaban J connectivity index is 1.53. The predicted octanol–water partition coefficient (Wildman–Crippen LogP) is 2.79. The predicted molar refractivity (Wildman–Crippen MR) is 91.1 cm³/mol. The highest BCUT2D eigenvalue weighted by Crippen LogP contribution is 2.41. The van der Waals surface area contributed by atoms with Crippen LogP contribution in [-0.2, 0) is 6.54 Å². The van der Waals surface area contributed by atoms with Crippen molar-refractivity contribution in [2.24, 2.45) is 11.3 Å². The smallest absolute Gasteiger partial charge is 0.233 e. The summed E-state index contributed by atoms with van der Waals surface area (Å²) in [5, 5.41) is 14.2. The van der Waals surface area contributed by atoms with E-state index < -0.39 is 5.60 Å². The van der Waals surface area contributed by atoms with Gasteiger partial charge in [-0.15, -0.1) is 0 Å². The van der Waals surface area contributed by atoms with E-state index in [-0.39, 0.29) is 0 Å². The van der Waals surface area contributed by atoms with Crippen LogP contribution >= 0.6 is 0 Å². The molecular weight excluding hydrogens is 288 g/mol. The van der Waals surface area contributed by atoms with Crippen molar-refractivity contribution in [1.82, 2.24) is 19.7 Å². The van der Waals surface area contributed by atoms with Crippen LogP contribution in [-0.4, -0.2) is 31.6 Å². The van der Waals surface area contributed by atoms with Crippen molar-refractivity contribution in [3.05, 3.63) is 30.4 Å². The van der Waals surface area contributed by atoms with Crippen LogP contribution in [0.3, 0.4) is 0 Å². The molecule has 0 atom stereocenters. The largest absolute Gasteiger partial charge is 0.389 e. The van der Waals surface area contributed by atoms with Crippen LogP contribution < -0.4 is 5.32 Å². The first-order chi connectivity index (χ1) is 10.9. The number of imidazole rings is 1. The fourth-order valence-electron chi connectivity index (χ4n) is 3.63. The average molecular weight is 316 g/mol. The zero-order chi connectivity index (χ0) is 16.5. The fourth-order valence-corrected chi connectivity index (χ4v) is 3.63. The number of hydrogen-bond donors (Lipinski definition) is 2. The normalized spacial score (nSPS) is 25.8. The highest BCUT2D eigenvalue weighted by molar-refractivity contribution is 5.30. The van der Waals surface area contributed by atoms with Gasteiger partial charge in [0.05, 0.1) is 17.5 Å². The number of aliphatic hydroxyl groups is 1. The summed E-state index contributed by atoms with van der Waals surface area (Å²) in [5.41, 5.74) is 0.846. The molecule has 2 heterocycles. The molecule has 2 N–H and O–H groups in total. The van der Waals surface area contributed by atoms with Crippen molar-refractivity contribution in [3.63, 3.8) is 0 Å². The van der Waals surface area contributed by atoms with Crippen LogP contribution in [0.2, 0.25) is 0 Å². The van der Waals surface area contributed by atoms with Crippen LogP contribution in [0.5, 0.6) is 0 Å². The summed E-state index contributed by atoms with van der Waals surface area (Å²) in [6, 6.07) is 1.90. The topological polar surface area (TPSA) is 62.5 Å². The van der Waals surface area contributed by atoms with Gasteiger partial charge in [0.15, 0.2) is 0 Å². The number of aromatic nitrogens is 3. The summed E-state index contributed by atoms with van der Waals surface area (Å²) in [4.78, 5) is 8.51. The molecule has 0 saturated heterocycles. The Kier molecular flexibility index (Phi) is 4.43. The first-order valence-corrected chi connectivity index (χ1v) is 8.57. The van der Waals surface area contributed by atoms with Gasteiger partial charge >= 0.3 is 0 Å². The number of rotatable bonds is 4. The van der Waals surface area contributed by atoms with Gasteiger partial charge in [-0.25, -0.2) is 9.97 Å². The highest BCUT2D eigenvalue weighted by atomic mass is 16.3. The molecule has 23 heavy (non-hydrogen) atoms. The monoisotopic (exact) mass is 316 g/mol. The Hall–Kier alpha value is -1.46. The van der Waals surface area contributed by atoms with E-state index in [9.17, 15) is 5.11 Å². The molecule has 2 aromatic rings. The van der Waals surface area contributed by atoms with Crippen LogP contribution in [0.1, 0.15) is 52.1 Å². The Labute approximate surface area is 138 Å². The lowest BCUT2D eigenvalue weighted by molar-refractivity contribution is -0.0240. The van der Waals surface area contributed by atoms with Crippen LogP contribution in [0.15, 0.2) is 24.7 Å². The van der Waals surface area contributed by atoms with E-state index in [0.29, 0.717) is 30.2 Å². The van der Waals surface area contributed by atoms with Gasteiger partial charge in [-0.1, -0.05) is 20.8 Å². The lowest BCUT2D eigenvalue weighted by Crippen LogP contribution is -2.44. The SMILES string of the molecule is CC(C)(C)C1CCC(O)(CNCc2cnc3ncccn23)CC1. The maximum Gasteiger partial charge on any atom is 0.233 e. The summed E-state index contributed by atoms with van der Waals surface area (Å²) in [7, 11) is 0. The lowest BCUT2D eigenvalue weighted by atomic mass is 9.68. The molecule has 0 aliphatic heterocycles. The third-order valence-electron chi connectivity index (χ3n) is 5.27. The molecule has 5 heteroatoms. The van der Waals surface area contributed by atoms with Gasteiger partial charge in [-0.3, -0.25) is 4.40 Å². The molecular formula is C18H28N4O. The summed E-state index contributed by atoms with van der Waals surface area (Å²) >= 11 is 0. The minimum absolute atomic E-state index is 0.346. The quantitative estimate of drug-likeness (QED) is 0.910. The lowest BCUT2D eigenvalue weighted by Gasteiger charge is -2.41. The van der Waals surface area contributed by atoms with E-state index in [1.54, 1.807) is 6.20 Å². The zero-order valence-electron chi connectivity index (χ0n) is 14.4. The first kappa shape index (κ1) is 16.4. The van der Waals surface area contributed by atoms with Crippen LogP contribution in [0.25, 0.3) is 5.78 Å². The second-order valence-corrected chi connectivity index (χ2v) is 8.01. The van der Waals surface area contributed by atoms with Crippen molar-refractivity contribution in [1.29, 1.82) is 0 Å². The molecule has 5 nitrogen and oxygen atoms in total. The fraction of sp³-hybridized carbons (Fsp3) is 0.667. The molecule has 3 rings (SSSR count). The van der Waals surface area contributed by atoms with Gasteiger partial charge in [0, 0.05) is 25.5 Å². The Morgan fingerprint density at radius 3 is 2.74 bits per heavy atom. The molecule has 126 valence electrons. The third kappa shape index (κ3) is 3.72. The summed E-state index contributed by atoms with van der Waals surface area (Å²) in [6.45, 7) is 8.24. The zero-order valence-corrected chi connectivity index (χ0v) is 14.4. The maximum absolute atomic E-state index is 10.8. The van der Waals surface area contributed by atoms with Gasteiger partial charge in [-0.05, 0) is 43.1 Å². The first-order valence-electron chi connectivity index (χ1n) is 8.57. The summed E-state index contributed by atoms with van der Waals surface area (Å²) in [5.74, 6) is 1.43. The number of nitrogens with one attached hydrogen (secondary N) is 1. The van der Waals surface area contributed by atoms with Crippen molar-refractivity contribution >= 4 is 5.78 Å². The molecule has 1 fully saturated rings. The Morgan fingerprint density at radius 1 is 1.30 bits per heavy atom. The maximum atomic E-state index is 10.8. The van der Waals surface area contributed by atoms with E-state index in [4.69, 9.17) is 0 Å². The Bertz CT molecular complexity index is 650. The van der Waals surface area contributed by atoms with E-state index in [0.717, 1.165) is 31.4 Å². The molecule has 1 aliphatic rings. The molecule has 0 aromatic carbocycles. The van der Waals surface area contributed by atoms with Crippen molar-refractivity contribution < 1.29 is 5.11 Å². The minimum atomic E-state index is -0.569. The molecule has 1 aliphatic carbocycles. The van der Waals surface area contributed by atoms with Gasteiger partial charge in [0.2, 0.25) is 5.78 Å². The van der Waals surface area contributed by atoms with Gasteiger partial charge in [0.1, 0.15) is 0 Å². The third-order valence-corrected chi connectivity index (χ3v) is 5.27. The standard InChI is InChI=1S/C18H28N4O/c1-17(2,3)14-5-7-18(23,8-6-14)13-19-11-15-12-21-16-20-9-4-10-22(15)16/h4,9-10,12,14,19,23H,5-8,11,13H2,1-3H3. The summed E-state index contributed by atoms with van der Waals surface area (Å²) < 4.78 is 1.98. The van der Waals surface area contributed by atoms with Gasteiger partial charge < -0.3 is 10.4 Å². The second-order valence-electron chi connectivity index (χ2n) is 8.01. The molecule has 0 unspecified atom stereocenters. The molecule has 0 spiro atoms. The van der Waals surface area contributed by atoms with Gasteiger partial charge in [0.25, 0.3) is 0 Å². The van der Waals surface area contributed by atoms with Crippen molar-refractivity contribution in [2.45, 2.75) is 58.6 Å². The van der Waals surface area contributed by atoms with E-state index in [1.807, 2.05) is 22.9 Å². The molecule has 1 saturated carbocycles. The van der Waals surface area contributed by atoms with Crippen molar-refractivity contribution in [2.75, 3.05) is 6.54 Å². The van der Waals surface area contributed by atoms with Crippen LogP contribution in [0, 0.1) is 11.3 Å². The van der Waals surface area contributed by atoms with Gasteiger partial charge in [-0.2, -0.15) is 0 Å². The highest BCUT2D eigenvalue weighted by Gasteiger charge is 2.36. The number of fused-ring (bicyclic) bond motifs is 1. The minimum Gasteiger partial charge on any atom is -0.389 e. The Morgan fingerprint density at radius 2 is 2.04 bits per heavy atom. The molecule has 2 aromatic heterocycles. The van der Waals surface area contributed by atoms with E-state index in [2.05, 4.69) is 36.1 Å². The number of hydrogen-bond acceptors (Lipinski definition) is 4. The van der Waals surface area contributed by atoms with E-state index in [1.165, 1.54) is 0 Å². The van der Waals surface area contributed by atoms with E-state index >= 15 is 0 Å².